The summed E-state index contributed by atoms with van der Waals surface area (Å²) in [6.07, 6.45) is -1.05. The SMILES string of the molecule is COC(=O)NS(=O)(=O)NCc1cccc(N)c1C. The lowest BCUT2D eigenvalue weighted by atomic mass is 10.1. The van der Waals surface area contributed by atoms with Gasteiger partial charge in [0.05, 0.1) is 7.11 Å². The van der Waals surface area contributed by atoms with Gasteiger partial charge in [0, 0.05) is 12.2 Å². The molecule has 0 aliphatic heterocycles. The number of rotatable bonds is 4. The van der Waals surface area contributed by atoms with E-state index < -0.39 is 16.3 Å². The Labute approximate surface area is 106 Å². The van der Waals surface area contributed by atoms with Crippen LogP contribution in [0.25, 0.3) is 0 Å². The number of nitrogen functional groups attached to an aromatic ring is 1. The maximum atomic E-state index is 11.4. The van der Waals surface area contributed by atoms with Crippen LogP contribution in [0.1, 0.15) is 11.1 Å². The van der Waals surface area contributed by atoms with Gasteiger partial charge in [-0.15, -0.1) is 0 Å². The second-order valence-corrected chi connectivity index (χ2v) is 5.05. The third-order valence-corrected chi connectivity index (χ3v) is 3.30. The van der Waals surface area contributed by atoms with Crippen molar-refractivity contribution < 1.29 is 17.9 Å². The summed E-state index contributed by atoms with van der Waals surface area (Å²) in [4.78, 5) is 10.8. The van der Waals surface area contributed by atoms with Gasteiger partial charge in [-0.3, -0.25) is 0 Å². The van der Waals surface area contributed by atoms with Gasteiger partial charge in [0.15, 0.2) is 0 Å². The van der Waals surface area contributed by atoms with Crippen molar-refractivity contribution in [3.63, 3.8) is 0 Å². The maximum Gasteiger partial charge on any atom is 0.421 e. The zero-order valence-electron chi connectivity index (χ0n) is 10.1. The number of anilines is 1. The molecule has 0 fully saturated rings. The molecule has 0 heterocycles. The van der Waals surface area contributed by atoms with Crippen LogP contribution in [-0.2, 0) is 21.5 Å². The minimum Gasteiger partial charge on any atom is -0.452 e. The normalized spacial score (nSPS) is 11.0. The first-order valence-electron chi connectivity index (χ1n) is 5.05. The molecule has 0 saturated heterocycles. The number of ether oxygens (including phenoxy) is 1. The smallest absolute Gasteiger partial charge is 0.421 e. The quantitative estimate of drug-likeness (QED) is 0.682. The molecule has 1 aromatic rings. The number of carbonyl (C=O) groups is 1. The van der Waals surface area contributed by atoms with Crippen LogP contribution in [0.2, 0.25) is 0 Å². The number of nitrogens with one attached hydrogen (secondary N) is 2. The van der Waals surface area contributed by atoms with Gasteiger partial charge in [0.25, 0.3) is 0 Å². The summed E-state index contributed by atoms with van der Waals surface area (Å²) < 4.78 is 30.9. The van der Waals surface area contributed by atoms with E-state index in [4.69, 9.17) is 5.73 Å². The molecule has 0 aromatic heterocycles. The third-order valence-electron chi connectivity index (χ3n) is 2.34. The second-order valence-electron chi connectivity index (χ2n) is 3.55. The van der Waals surface area contributed by atoms with Crippen LogP contribution in [0.15, 0.2) is 18.2 Å². The molecule has 0 unspecified atom stereocenters. The van der Waals surface area contributed by atoms with Crippen molar-refractivity contribution in [1.29, 1.82) is 0 Å². The van der Waals surface area contributed by atoms with E-state index in [0.717, 1.165) is 18.2 Å². The lowest BCUT2D eigenvalue weighted by Crippen LogP contribution is -2.39. The molecule has 1 aromatic carbocycles. The fraction of sp³-hybridized carbons (Fsp3) is 0.300. The lowest BCUT2D eigenvalue weighted by Gasteiger charge is -2.10. The molecule has 1 amide bonds. The van der Waals surface area contributed by atoms with E-state index in [1.54, 1.807) is 29.8 Å². The summed E-state index contributed by atoms with van der Waals surface area (Å²) >= 11 is 0. The zero-order valence-corrected chi connectivity index (χ0v) is 10.9. The minimum absolute atomic E-state index is 0.0310. The molecule has 0 radical (unpaired) electrons. The number of carbonyl (C=O) groups excluding carboxylic acids is 1. The fourth-order valence-electron chi connectivity index (χ4n) is 1.26. The number of benzene rings is 1. The second kappa shape index (κ2) is 5.69. The highest BCUT2D eigenvalue weighted by molar-refractivity contribution is 7.88. The van der Waals surface area contributed by atoms with Gasteiger partial charge in [0.1, 0.15) is 0 Å². The highest BCUT2D eigenvalue weighted by atomic mass is 32.2. The van der Waals surface area contributed by atoms with Gasteiger partial charge in [-0.05, 0) is 24.1 Å². The molecule has 4 N–H and O–H groups in total. The van der Waals surface area contributed by atoms with E-state index >= 15 is 0 Å². The summed E-state index contributed by atoms with van der Waals surface area (Å²) in [7, 11) is -2.86. The molecule has 0 atom stereocenters. The Bertz CT molecular complexity index is 542. The molecular formula is C10H15N3O4S. The Hall–Kier alpha value is -1.80. The first kappa shape index (κ1) is 14.3. The molecule has 0 spiro atoms. The number of nitrogens with two attached hydrogens (primary N) is 1. The average Bonchev–Trinajstić information content (AvgIpc) is 2.30. The molecule has 18 heavy (non-hydrogen) atoms. The van der Waals surface area contributed by atoms with Crippen molar-refractivity contribution >= 4 is 22.0 Å². The Kier molecular flexibility index (Phi) is 4.51. The van der Waals surface area contributed by atoms with Crippen molar-refractivity contribution in [1.82, 2.24) is 9.44 Å². The molecule has 7 nitrogen and oxygen atoms in total. The number of amides is 1. The maximum absolute atomic E-state index is 11.4. The highest BCUT2D eigenvalue weighted by Crippen LogP contribution is 2.15. The van der Waals surface area contributed by atoms with E-state index in [2.05, 4.69) is 9.46 Å². The van der Waals surface area contributed by atoms with Crippen molar-refractivity contribution in [2.24, 2.45) is 0 Å². The van der Waals surface area contributed by atoms with Crippen LogP contribution in [0.3, 0.4) is 0 Å². The summed E-state index contributed by atoms with van der Waals surface area (Å²) in [5.41, 5.74) is 7.79. The van der Waals surface area contributed by atoms with Gasteiger partial charge < -0.3 is 10.5 Å². The fourth-order valence-corrected chi connectivity index (χ4v) is 1.98. The van der Waals surface area contributed by atoms with Crippen molar-refractivity contribution in [2.75, 3.05) is 12.8 Å². The Balaban J connectivity index is 2.70. The van der Waals surface area contributed by atoms with Crippen molar-refractivity contribution in [3.05, 3.63) is 29.3 Å². The predicted octanol–water partition coefficient (Wildman–Crippen LogP) is 0.268. The van der Waals surface area contributed by atoms with Crippen molar-refractivity contribution in [2.45, 2.75) is 13.5 Å². The van der Waals surface area contributed by atoms with E-state index in [1.165, 1.54) is 0 Å². The van der Waals surface area contributed by atoms with Crippen molar-refractivity contribution in [3.8, 4) is 0 Å². The molecule has 0 bridgehead atoms. The summed E-state index contributed by atoms with van der Waals surface area (Å²) in [6, 6.07) is 5.19. The highest BCUT2D eigenvalue weighted by Gasteiger charge is 2.14. The van der Waals surface area contributed by atoms with Gasteiger partial charge in [-0.25, -0.2) is 9.52 Å². The van der Waals surface area contributed by atoms with Crippen LogP contribution >= 0.6 is 0 Å². The minimum atomic E-state index is -3.94. The van der Waals surface area contributed by atoms with Gasteiger partial charge in [-0.1, -0.05) is 12.1 Å². The van der Waals surface area contributed by atoms with E-state index in [9.17, 15) is 13.2 Å². The molecule has 1 rings (SSSR count). The molecule has 8 heteroatoms. The van der Waals surface area contributed by atoms with Crippen LogP contribution < -0.4 is 15.2 Å². The molecule has 100 valence electrons. The van der Waals surface area contributed by atoms with Gasteiger partial charge >= 0.3 is 16.3 Å². The number of hydrogen-bond donors (Lipinski definition) is 3. The van der Waals surface area contributed by atoms with Crippen LogP contribution in [0, 0.1) is 6.92 Å². The summed E-state index contributed by atoms with van der Waals surface area (Å²) in [5, 5.41) is 0. The molecule has 0 aliphatic carbocycles. The molecule has 0 saturated carbocycles. The topological polar surface area (TPSA) is 111 Å². The number of hydrogen-bond acceptors (Lipinski definition) is 5. The summed E-state index contributed by atoms with van der Waals surface area (Å²) in [6.45, 7) is 1.82. The van der Waals surface area contributed by atoms with Gasteiger partial charge in [-0.2, -0.15) is 13.1 Å². The largest absolute Gasteiger partial charge is 0.452 e. The van der Waals surface area contributed by atoms with E-state index in [1.807, 2.05) is 0 Å². The van der Waals surface area contributed by atoms with E-state index in [-0.39, 0.29) is 6.54 Å². The Morgan fingerprint density at radius 2 is 2.11 bits per heavy atom. The standard InChI is InChI=1S/C10H15N3O4S/c1-7-8(4-3-5-9(7)11)6-12-18(15,16)13-10(14)17-2/h3-5,12H,6,11H2,1-2H3,(H,13,14). The van der Waals surface area contributed by atoms with Gasteiger partial charge in [0.2, 0.25) is 0 Å². The average molecular weight is 273 g/mol. The lowest BCUT2D eigenvalue weighted by molar-refractivity contribution is 0.177. The first-order chi connectivity index (χ1) is 8.35. The Morgan fingerprint density at radius 1 is 1.44 bits per heavy atom. The van der Waals surface area contributed by atoms with Crippen LogP contribution in [0.4, 0.5) is 10.5 Å². The summed E-state index contributed by atoms with van der Waals surface area (Å²) in [5.74, 6) is 0. The van der Waals surface area contributed by atoms with Crippen LogP contribution in [-0.4, -0.2) is 21.6 Å². The number of methoxy groups -OCH3 is 1. The third kappa shape index (κ3) is 3.90. The Morgan fingerprint density at radius 3 is 2.72 bits per heavy atom. The monoisotopic (exact) mass is 273 g/mol. The predicted molar refractivity (Wildman–Crippen MR) is 66.9 cm³/mol. The van der Waals surface area contributed by atoms with E-state index in [0.29, 0.717) is 5.69 Å². The zero-order chi connectivity index (χ0) is 13.8. The van der Waals surface area contributed by atoms with Crippen LogP contribution in [0.5, 0.6) is 0 Å². The first-order valence-corrected chi connectivity index (χ1v) is 6.53. The molecule has 0 aliphatic rings. The molecular weight excluding hydrogens is 258 g/mol.